The number of halogens is 2. The largest absolute Gasteiger partial charge is 0.477 e. The van der Waals surface area contributed by atoms with Gasteiger partial charge < -0.3 is 9.90 Å². The Hall–Kier alpha value is -1.00. The van der Waals surface area contributed by atoms with E-state index in [9.17, 15) is 18.4 Å². The molecule has 0 aliphatic rings. The predicted octanol–water partition coefficient (Wildman–Crippen LogP) is 1.08. The second-order valence-electron chi connectivity index (χ2n) is 2.21. The van der Waals surface area contributed by atoms with Gasteiger partial charge in [0.2, 0.25) is 0 Å². The molecule has 11 heavy (non-hydrogen) atoms. The van der Waals surface area contributed by atoms with Gasteiger partial charge in [-0.25, -0.2) is 4.79 Å². The van der Waals surface area contributed by atoms with Crippen molar-refractivity contribution >= 4 is 11.8 Å². The Morgan fingerprint density at radius 1 is 1.45 bits per heavy atom. The van der Waals surface area contributed by atoms with Crippen LogP contribution in [0.1, 0.15) is 19.8 Å². The van der Waals surface area contributed by atoms with Crippen molar-refractivity contribution in [2.45, 2.75) is 25.7 Å². The molecule has 0 fully saturated rings. The minimum absolute atomic E-state index is 0.403. The summed E-state index contributed by atoms with van der Waals surface area (Å²) in [5, 5.41) is 7.89. The highest BCUT2D eigenvalue weighted by molar-refractivity contribution is 5.78. The molecule has 0 aromatic carbocycles. The molecule has 0 aliphatic carbocycles. The zero-order valence-electron chi connectivity index (χ0n) is 5.93. The maximum atomic E-state index is 12.2. The van der Waals surface area contributed by atoms with E-state index in [1.54, 1.807) is 0 Å². The number of alkyl halides is 2. The Balaban J connectivity index is 3.92. The third-order valence-electron chi connectivity index (χ3n) is 1.10. The van der Waals surface area contributed by atoms with Crippen LogP contribution in [0.15, 0.2) is 0 Å². The molecule has 0 saturated carbocycles. The quantitative estimate of drug-likeness (QED) is 0.679. The van der Waals surface area contributed by atoms with Crippen molar-refractivity contribution in [3.63, 3.8) is 0 Å². The van der Waals surface area contributed by atoms with Gasteiger partial charge in [-0.3, -0.25) is 0 Å². The fraction of sp³-hybridized carbons (Fsp3) is 0.667. The lowest BCUT2D eigenvalue weighted by atomic mass is 10.1. The molecule has 0 atom stereocenters. The highest BCUT2D eigenvalue weighted by atomic mass is 19.3. The molecular formula is C6H8F2O3. The number of rotatable bonds is 4. The van der Waals surface area contributed by atoms with E-state index in [0.29, 0.717) is 0 Å². The van der Waals surface area contributed by atoms with Crippen LogP contribution >= 0.6 is 0 Å². The van der Waals surface area contributed by atoms with Crippen LogP contribution in [0.5, 0.6) is 0 Å². The Morgan fingerprint density at radius 2 is 1.91 bits per heavy atom. The van der Waals surface area contributed by atoms with Gasteiger partial charge in [0.25, 0.3) is 0 Å². The number of carbonyl (C=O) groups excluding carboxylic acids is 1. The third kappa shape index (κ3) is 3.64. The van der Waals surface area contributed by atoms with Gasteiger partial charge in [-0.15, -0.1) is 0 Å². The van der Waals surface area contributed by atoms with Gasteiger partial charge in [-0.2, -0.15) is 8.78 Å². The van der Waals surface area contributed by atoms with Gasteiger partial charge in [0.1, 0.15) is 5.78 Å². The van der Waals surface area contributed by atoms with E-state index in [1.165, 1.54) is 0 Å². The number of Topliss-reactive ketones (excluding diaryl/α,β-unsaturated/α-hetero) is 1. The predicted molar refractivity (Wildman–Crippen MR) is 32.5 cm³/mol. The number of aliphatic carboxylic acids is 1. The lowest BCUT2D eigenvalue weighted by molar-refractivity contribution is -0.165. The fourth-order valence-corrected chi connectivity index (χ4v) is 0.440. The van der Waals surface area contributed by atoms with Crippen LogP contribution in [0.2, 0.25) is 0 Å². The molecule has 5 heteroatoms. The van der Waals surface area contributed by atoms with Gasteiger partial charge in [0, 0.05) is 12.8 Å². The van der Waals surface area contributed by atoms with E-state index >= 15 is 0 Å². The molecule has 0 aliphatic heterocycles. The van der Waals surface area contributed by atoms with E-state index in [0.717, 1.165) is 6.92 Å². The van der Waals surface area contributed by atoms with E-state index < -0.39 is 30.5 Å². The van der Waals surface area contributed by atoms with Crippen molar-refractivity contribution < 1.29 is 23.5 Å². The highest BCUT2D eigenvalue weighted by Crippen LogP contribution is 2.20. The van der Waals surface area contributed by atoms with Crippen LogP contribution in [-0.4, -0.2) is 22.8 Å². The summed E-state index contributed by atoms with van der Waals surface area (Å²) in [5.41, 5.74) is 0. The molecule has 0 aromatic rings. The molecule has 0 bridgehead atoms. The van der Waals surface area contributed by atoms with E-state index in [4.69, 9.17) is 5.11 Å². The highest BCUT2D eigenvalue weighted by Gasteiger charge is 2.38. The second-order valence-corrected chi connectivity index (χ2v) is 2.21. The molecule has 0 aromatic heterocycles. The molecule has 0 spiro atoms. The minimum Gasteiger partial charge on any atom is -0.477 e. The fourth-order valence-electron chi connectivity index (χ4n) is 0.440. The first-order chi connectivity index (χ1) is 4.86. The molecule has 64 valence electrons. The van der Waals surface area contributed by atoms with Crippen LogP contribution < -0.4 is 0 Å². The monoisotopic (exact) mass is 166 g/mol. The molecule has 0 radical (unpaired) electrons. The normalized spacial score (nSPS) is 11.2. The number of hydrogen-bond acceptors (Lipinski definition) is 2. The second kappa shape index (κ2) is 3.41. The van der Waals surface area contributed by atoms with Crippen molar-refractivity contribution in [1.29, 1.82) is 0 Å². The average molecular weight is 166 g/mol. The van der Waals surface area contributed by atoms with Crippen molar-refractivity contribution in [3.8, 4) is 0 Å². The number of ketones is 1. The number of carbonyl (C=O) groups is 2. The van der Waals surface area contributed by atoms with Crippen molar-refractivity contribution in [2.24, 2.45) is 0 Å². The molecule has 0 saturated heterocycles. The summed E-state index contributed by atoms with van der Waals surface area (Å²) >= 11 is 0. The van der Waals surface area contributed by atoms with Gasteiger partial charge in [0.05, 0.1) is 0 Å². The molecule has 0 amide bonds. The minimum atomic E-state index is -3.77. The number of hydrogen-bond donors (Lipinski definition) is 1. The van der Waals surface area contributed by atoms with E-state index in [2.05, 4.69) is 0 Å². The van der Waals surface area contributed by atoms with Gasteiger partial charge in [-0.1, -0.05) is 0 Å². The number of carboxylic acids is 1. The molecule has 0 rings (SSSR count). The summed E-state index contributed by atoms with van der Waals surface area (Å²) < 4.78 is 24.3. The van der Waals surface area contributed by atoms with Gasteiger partial charge in [0.15, 0.2) is 0 Å². The lowest BCUT2D eigenvalue weighted by Crippen LogP contribution is -2.28. The Morgan fingerprint density at radius 3 is 2.18 bits per heavy atom. The molecule has 0 heterocycles. The topological polar surface area (TPSA) is 54.4 Å². The third-order valence-corrected chi connectivity index (χ3v) is 1.10. The van der Waals surface area contributed by atoms with Gasteiger partial charge in [-0.05, 0) is 6.92 Å². The summed E-state index contributed by atoms with van der Waals surface area (Å²) in [6.07, 6.45) is -1.32. The summed E-state index contributed by atoms with van der Waals surface area (Å²) in [7, 11) is 0. The molecule has 0 unspecified atom stereocenters. The first kappa shape index (κ1) is 10.0. The smallest absolute Gasteiger partial charge is 0.374 e. The van der Waals surface area contributed by atoms with Crippen LogP contribution in [-0.2, 0) is 9.59 Å². The standard InChI is InChI=1S/C6H8F2O3/c1-4(9)2-3-6(7,8)5(10)11/h2-3H2,1H3,(H,10,11). The van der Waals surface area contributed by atoms with Crippen LogP contribution in [0.3, 0.4) is 0 Å². The Bertz CT molecular complexity index is 177. The summed E-state index contributed by atoms with van der Waals surface area (Å²) in [5.74, 6) is -6.39. The average Bonchev–Trinajstić information content (AvgIpc) is 1.84. The van der Waals surface area contributed by atoms with Gasteiger partial charge >= 0.3 is 11.9 Å². The molecular weight excluding hydrogens is 158 g/mol. The van der Waals surface area contributed by atoms with Crippen LogP contribution in [0.4, 0.5) is 8.78 Å². The van der Waals surface area contributed by atoms with Crippen molar-refractivity contribution in [2.75, 3.05) is 0 Å². The Kier molecular flexibility index (Phi) is 3.10. The van der Waals surface area contributed by atoms with Crippen LogP contribution in [0.25, 0.3) is 0 Å². The first-order valence-electron chi connectivity index (χ1n) is 2.97. The van der Waals surface area contributed by atoms with E-state index in [-0.39, 0.29) is 0 Å². The van der Waals surface area contributed by atoms with Crippen molar-refractivity contribution in [1.82, 2.24) is 0 Å². The van der Waals surface area contributed by atoms with E-state index in [1.807, 2.05) is 0 Å². The zero-order chi connectivity index (χ0) is 9.07. The maximum absolute atomic E-state index is 12.2. The summed E-state index contributed by atoms with van der Waals surface area (Å²) in [6.45, 7) is 1.14. The Labute approximate surface area is 62.0 Å². The zero-order valence-corrected chi connectivity index (χ0v) is 5.93. The maximum Gasteiger partial charge on any atom is 0.374 e. The first-order valence-corrected chi connectivity index (χ1v) is 2.97. The lowest BCUT2D eigenvalue weighted by Gasteiger charge is -2.08. The molecule has 3 nitrogen and oxygen atoms in total. The SMILES string of the molecule is CC(=O)CCC(F)(F)C(=O)O. The van der Waals surface area contributed by atoms with Crippen LogP contribution in [0, 0.1) is 0 Å². The summed E-state index contributed by atoms with van der Waals surface area (Å²) in [6, 6.07) is 0. The molecule has 1 N–H and O–H groups in total. The summed E-state index contributed by atoms with van der Waals surface area (Å²) in [4.78, 5) is 20.0. The number of carboxylic acid groups (broad SMARTS) is 1. The van der Waals surface area contributed by atoms with Crippen molar-refractivity contribution in [3.05, 3.63) is 0 Å².